The summed E-state index contributed by atoms with van der Waals surface area (Å²) in [7, 11) is 0. The number of hydrogen-bond acceptors (Lipinski definition) is 2. The zero-order valence-corrected chi connectivity index (χ0v) is 9.88. The predicted molar refractivity (Wildman–Crippen MR) is 58.3 cm³/mol. The molecule has 2 nitrogen and oxygen atoms in total. The molecule has 0 aliphatic heterocycles. The van der Waals surface area contributed by atoms with E-state index in [1.807, 2.05) is 0 Å². The van der Waals surface area contributed by atoms with Gasteiger partial charge in [0.15, 0.2) is 6.10 Å². The molecule has 90 valence electrons. The molecule has 0 heterocycles. The summed E-state index contributed by atoms with van der Waals surface area (Å²) in [4.78, 5) is 0. The first-order chi connectivity index (χ1) is 7.43. The van der Waals surface area contributed by atoms with E-state index in [4.69, 9.17) is 10.5 Å². The maximum absolute atomic E-state index is 12.5. The average Bonchev–Trinajstić information content (AvgIpc) is 2.19. The normalized spacial score (nSPS) is 13.6. The first kappa shape index (κ1) is 13.3. The molecule has 0 aliphatic carbocycles. The van der Waals surface area contributed by atoms with Crippen LogP contribution in [0.1, 0.15) is 6.42 Å². The molecular formula is C10H11BrF3NO. The maximum Gasteiger partial charge on any atom is 0.425 e. The van der Waals surface area contributed by atoms with Gasteiger partial charge in [-0.25, -0.2) is 0 Å². The lowest BCUT2D eigenvalue weighted by molar-refractivity contribution is -0.196. The van der Waals surface area contributed by atoms with Gasteiger partial charge in [0.1, 0.15) is 5.75 Å². The number of halogens is 4. The van der Waals surface area contributed by atoms with Gasteiger partial charge in [-0.05, 0) is 30.8 Å². The molecule has 0 radical (unpaired) electrons. The molecule has 1 aromatic carbocycles. The summed E-state index contributed by atoms with van der Waals surface area (Å²) in [6, 6.07) is 6.18. The number of hydrogen-bond donors (Lipinski definition) is 1. The van der Waals surface area contributed by atoms with E-state index in [0.29, 0.717) is 0 Å². The first-order valence-electron chi connectivity index (χ1n) is 4.62. The average molecular weight is 298 g/mol. The molecule has 0 saturated heterocycles. The lowest BCUT2D eigenvalue weighted by Gasteiger charge is -2.21. The van der Waals surface area contributed by atoms with Gasteiger partial charge >= 0.3 is 6.18 Å². The molecule has 16 heavy (non-hydrogen) atoms. The van der Waals surface area contributed by atoms with E-state index in [-0.39, 0.29) is 18.7 Å². The van der Waals surface area contributed by atoms with Gasteiger partial charge in [-0.15, -0.1) is 0 Å². The smallest absolute Gasteiger partial charge is 0.425 e. The number of rotatable bonds is 4. The molecule has 0 fully saturated rings. The largest absolute Gasteiger partial charge is 0.481 e. The third-order valence-corrected chi connectivity index (χ3v) is 2.41. The summed E-state index contributed by atoms with van der Waals surface area (Å²) in [5.41, 5.74) is 5.12. The Morgan fingerprint density at radius 1 is 1.25 bits per heavy atom. The minimum atomic E-state index is -4.40. The Bertz CT molecular complexity index is 326. The van der Waals surface area contributed by atoms with Gasteiger partial charge in [-0.3, -0.25) is 0 Å². The van der Waals surface area contributed by atoms with Crippen LogP contribution in [-0.4, -0.2) is 18.8 Å². The summed E-state index contributed by atoms with van der Waals surface area (Å²) in [5, 5.41) is 0. The van der Waals surface area contributed by atoms with Crippen LogP contribution in [0.4, 0.5) is 13.2 Å². The summed E-state index contributed by atoms with van der Waals surface area (Å²) in [6.07, 6.45) is -6.50. The zero-order valence-electron chi connectivity index (χ0n) is 8.30. The molecule has 0 bridgehead atoms. The first-order valence-corrected chi connectivity index (χ1v) is 5.42. The standard InChI is InChI=1S/C10H11BrF3NO/c11-7-1-3-8(4-2-7)16-9(5-6-15)10(12,13)14/h1-4,9H,5-6,15H2. The highest BCUT2D eigenvalue weighted by Gasteiger charge is 2.41. The molecule has 1 atom stereocenters. The van der Waals surface area contributed by atoms with Gasteiger partial charge in [0, 0.05) is 10.9 Å². The zero-order chi connectivity index (χ0) is 12.2. The van der Waals surface area contributed by atoms with E-state index < -0.39 is 12.3 Å². The fourth-order valence-electron chi connectivity index (χ4n) is 1.12. The Hall–Kier alpha value is -0.750. The van der Waals surface area contributed by atoms with Crippen molar-refractivity contribution in [3.8, 4) is 5.75 Å². The summed E-state index contributed by atoms with van der Waals surface area (Å²) in [6.45, 7) is -0.0687. The predicted octanol–water partition coefficient (Wildman–Crippen LogP) is 3.11. The van der Waals surface area contributed by atoms with E-state index in [2.05, 4.69) is 15.9 Å². The van der Waals surface area contributed by atoms with Crippen LogP contribution in [-0.2, 0) is 0 Å². The van der Waals surface area contributed by atoms with Gasteiger partial charge in [0.25, 0.3) is 0 Å². The van der Waals surface area contributed by atoms with E-state index >= 15 is 0 Å². The van der Waals surface area contributed by atoms with E-state index in [9.17, 15) is 13.2 Å². The molecule has 1 rings (SSSR count). The number of ether oxygens (including phenoxy) is 1. The van der Waals surface area contributed by atoms with Crippen LogP contribution in [0.5, 0.6) is 5.75 Å². The Balaban J connectivity index is 2.72. The van der Waals surface area contributed by atoms with Gasteiger partial charge in [-0.2, -0.15) is 13.2 Å². The van der Waals surface area contributed by atoms with Gasteiger partial charge in [0.05, 0.1) is 0 Å². The Morgan fingerprint density at radius 3 is 2.25 bits per heavy atom. The number of nitrogens with two attached hydrogens (primary N) is 1. The monoisotopic (exact) mass is 297 g/mol. The molecule has 6 heteroatoms. The lowest BCUT2D eigenvalue weighted by Crippen LogP contribution is -2.36. The number of alkyl halides is 3. The van der Waals surface area contributed by atoms with Crippen LogP contribution in [0.15, 0.2) is 28.7 Å². The molecule has 1 aromatic rings. The lowest BCUT2D eigenvalue weighted by atomic mass is 10.2. The SMILES string of the molecule is NCCC(Oc1ccc(Br)cc1)C(F)(F)F. The third kappa shape index (κ3) is 4.02. The number of benzene rings is 1. The van der Waals surface area contributed by atoms with Crippen molar-refractivity contribution in [3.05, 3.63) is 28.7 Å². The van der Waals surface area contributed by atoms with Crippen LogP contribution < -0.4 is 10.5 Å². The van der Waals surface area contributed by atoms with Crippen molar-refractivity contribution < 1.29 is 17.9 Å². The van der Waals surface area contributed by atoms with Crippen LogP contribution in [0, 0.1) is 0 Å². The summed E-state index contributed by atoms with van der Waals surface area (Å²) < 4.78 is 43.1. The van der Waals surface area contributed by atoms with Crippen molar-refractivity contribution in [1.82, 2.24) is 0 Å². The van der Waals surface area contributed by atoms with Crippen molar-refractivity contribution in [1.29, 1.82) is 0 Å². The highest BCUT2D eigenvalue weighted by Crippen LogP contribution is 2.27. The highest BCUT2D eigenvalue weighted by molar-refractivity contribution is 9.10. The molecule has 0 saturated carbocycles. The van der Waals surface area contributed by atoms with Crippen molar-refractivity contribution >= 4 is 15.9 Å². The van der Waals surface area contributed by atoms with Crippen LogP contribution >= 0.6 is 15.9 Å². The van der Waals surface area contributed by atoms with Crippen molar-refractivity contribution in [2.75, 3.05) is 6.54 Å². The molecular weight excluding hydrogens is 287 g/mol. The fraction of sp³-hybridized carbons (Fsp3) is 0.400. The van der Waals surface area contributed by atoms with Gasteiger partial charge < -0.3 is 10.5 Å². The fourth-order valence-corrected chi connectivity index (χ4v) is 1.38. The maximum atomic E-state index is 12.5. The minimum Gasteiger partial charge on any atom is -0.481 e. The Kier molecular flexibility index (Phi) is 4.61. The second-order valence-corrected chi connectivity index (χ2v) is 4.10. The van der Waals surface area contributed by atoms with Gasteiger partial charge in [0.2, 0.25) is 0 Å². The second-order valence-electron chi connectivity index (χ2n) is 3.18. The van der Waals surface area contributed by atoms with Crippen LogP contribution in [0.3, 0.4) is 0 Å². The third-order valence-electron chi connectivity index (χ3n) is 1.89. The second kappa shape index (κ2) is 5.54. The van der Waals surface area contributed by atoms with E-state index in [1.54, 1.807) is 12.1 Å². The van der Waals surface area contributed by atoms with Crippen molar-refractivity contribution in [3.63, 3.8) is 0 Å². The molecule has 2 N–H and O–H groups in total. The highest BCUT2D eigenvalue weighted by atomic mass is 79.9. The molecule has 0 amide bonds. The molecule has 1 unspecified atom stereocenters. The molecule has 0 aromatic heterocycles. The van der Waals surface area contributed by atoms with Crippen LogP contribution in [0.25, 0.3) is 0 Å². The Labute approximate surface area is 99.7 Å². The van der Waals surface area contributed by atoms with Crippen molar-refractivity contribution in [2.45, 2.75) is 18.7 Å². The van der Waals surface area contributed by atoms with Crippen LogP contribution in [0.2, 0.25) is 0 Å². The quantitative estimate of drug-likeness (QED) is 0.927. The molecule has 0 spiro atoms. The van der Waals surface area contributed by atoms with E-state index in [0.717, 1.165) is 4.47 Å². The van der Waals surface area contributed by atoms with E-state index in [1.165, 1.54) is 12.1 Å². The topological polar surface area (TPSA) is 35.2 Å². The summed E-state index contributed by atoms with van der Waals surface area (Å²) in [5.74, 6) is 0.180. The molecule has 0 aliphatic rings. The van der Waals surface area contributed by atoms with Crippen molar-refractivity contribution in [2.24, 2.45) is 5.73 Å². The summed E-state index contributed by atoms with van der Waals surface area (Å²) >= 11 is 3.18. The Morgan fingerprint density at radius 2 is 1.81 bits per heavy atom. The van der Waals surface area contributed by atoms with Gasteiger partial charge in [-0.1, -0.05) is 15.9 Å². The minimum absolute atomic E-state index is 0.0687.